The number of nitrogens with two attached hydrogens (primary N) is 1. The number of nitriles is 1. The summed E-state index contributed by atoms with van der Waals surface area (Å²) >= 11 is 3.41. The van der Waals surface area contributed by atoms with E-state index >= 15 is 0 Å². The molecular formula is C18H17BBrN5O4. The van der Waals surface area contributed by atoms with Crippen molar-refractivity contribution < 1.29 is 19.2 Å². The summed E-state index contributed by atoms with van der Waals surface area (Å²) in [5.41, 5.74) is 7.14. The molecule has 2 aromatic rings. The first-order valence-corrected chi connectivity index (χ1v) is 9.75. The lowest BCUT2D eigenvalue weighted by Gasteiger charge is -2.26. The maximum absolute atomic E-state index is 11.9. The number of ether oxygens (including phenoxy) is 1. The number of nitrogens with zero attached hydrogens (tertiary/aromatic N) is 3. The summed E-state index contributed by atoms with van der Waals surface area (Å²) in [5, 5.41) is 26.6. The third-order valence-corrected chi connectivity index (χ3v) is 5.56. The Morgan fingerprint density at radius 2 is 2.34 bits per heavy atom. The number of nitrogens with one attached hydrogen (secondary N) is 1. The van der Waals surface area contributed by atoms with Crippen LogP contribution < -0.4 is 15.7 Å². The molecule has 11 heteroatoms. The molecule has 1 aromatic heterocycles. The van der Waals surface area contributed by atoms with Gasteiger partial charge in [-0.1, -0.05) is 15.9 Å². The maximum atomic E-state index is 11.9. The van der Waals surface area contributed by atoms with Crippen LogP contribution in [0.5, 0.6) is 5.75 Å². The van der Waals surface area contributed by atoms with Crippen LogP contribution in [0.4, 0.5) is 11.5 Å². The summed E-state index contributed by atoms with van der Waals surface area (Å²) in [6.45, 7) is 0.867. The number of amides is 1. The number of carbonyl (C=O) groups excluding carboxylic acids is 1. The van der Waals surface area contributed by atoms with Gasteiger partial charge in [0.1, 0.15) is 11.3 Å². The summed E-state index contributed by atoms with van der Waals surface area (Å²) in [4.78, 5) is 11.9. The van der Waals surface area contributed by atoms with E-state index in [0.717, 1.165) is 5.56 Å². The summed E-state index contributed by atoms with van der Waals surface area (Å²) in [7, 11) is -1.02. The molecule has 2 aliphatic rings. The van der Waals surface area contributed by atoms with Gasteiger partial charge in [0, 0.05) is 28.5 Å². The number of carbonyl (C=O) groups is 1. The second-order valence-corrected chi connectivity index (χ2v) is 7.62. The average molecular weight is 458 g/mol. The average Bonchev–Trinajstić information content (AvgIpc) is 3.12. The summed E-state index contributed by atoms with van der Waals surface area (Å²) < 4.78 is 13.1. The predicted molar refractivity (Wildman–Crippen MR) is 110 cm³/mol. The first-order chi connectivity index (χ1) is 14.0. The highest BCUT2D eigenvalue weighted by Gasteiger charge is 2.30. The molecule has 148 valence electrons. The van der Waals surface area contributed by atoms with E-state index in [-0.39, 0.29) is 23.3 Å². The topological polar surface area (TPSA) is 135 Å². The Kier molecular flexibility index (Phi) is 5.32. The number of hydrogen-bond donors (Lipinski definition) is 3. The summed E-state index contributed by atoms with van der Waals surface area (Å²) in [6.07, 6.45) is 2.15. The Hall–Kier alpha value is -2.81. The van der Waals surface area contributed by atoms with Crippen LogP contribution in [-0.2, 0) is 4.74 Å². The van der Waals surface area contributed by atoms with Crippen molar-refractivity contribution in [1.82, 2.24) is 9.78 Å². The molecule has 1 amide bonds. The van der Waals surface area contributed by atoms with E-state index in [1.54, 1.807) is 29.1 Å². The van der Waals surface area contributed by atoms with Gasteiger partial charge in [0.25, 0.3) is 5.91 Å². The van der Waals surface area contributed by atoms with Crippen molar-refractivity contribution in [2.45, 2.75) is 12.5 Å². The van der Waals surface area contributed by atoms with Crippen molar-refractivity contribution in [2.75, 3.05) is 18.5 Å². The lowest BCUT2D eigenvalue weighted by Crippen LogP contribution is -2.29. The van der Waals surface area contributed by atoms with Crippen molar-refractivity contribution in [1.29, 1.82) is 5.26 Å². The highest BCUT2D eigenvalue weighted by molar-refractivity contribution is 9.15. The van der Waals surface area contributed by atoms with Crippen LogP contribution in [0, 0.1) is 17.2 Å². The number of hydrogen-bond acceptors (Lipinski definition) is 7. The van der Waals surface area contributed by atoms with E-state index in [1.165, 1.54) is 5.98 Å². The summed E-state index contributed by atoms with van der Waals surface area (Å²) in [6, 6.07) is 7.23. The molecular weight excluding hydrogens is 441 g/mol. The second kappa shape index (κ2) is 7.90. The van der Waals surface area contributed by atoms with E-state index in [2.05, 4.69) is 32.4 Å². The Bertz CT molecular complexity index is 1030. The lowest BCUT2D eigenvalue weighted by molar-refractivity contribution is 0.0342. The zero-order valence-corrected chi connectivity index (χ0v) is 16.8. The zero-order chi connectivity index (χ0) is 20.5. The molecule has 2 aliphatic heterocycles. The van der Waals surface area contributed by atoms with E-state index < -0.39 is 13.0 Å². The van der Waals surface area contributed by atoms with Crippen molar-refractivity contribution in [3.8, 4) is 11.8 Å². The highest BCUT2D eigenvalue weighted by Crippen LogP contribution is 2.37. The molecule has 9 nitrogen and oxygen atoms in total. The van der Waals surface area contributed by atoms with Gasteiger partial charge in [0.05, 0.1) is 24.6 Å². The largest absolute Gasteiger partial charge is 0.553 e. The number of primary amides is 1. The smallest absolute Gasteiger partial charge is 0.532 e. The minimum atomic E-state index is -1.02. The Morgan fingerprint density at radius 1 is 1.52 bits per heavy atom. The quantitative estimate of drug-likeness (QED) is 0.597. The van der Waals surface area contributed by atoms with Gasteiger partial charge in [-0.2, -0.15) is 10.4 Å². The van der Waals surface area contributed by atoms with Crippen LogP contribution >= 0.6 is 15.9 Å². The van der Waals surface area contributed by atoms with Crippen LogP contribution in [0.2, 0.25) is 0 Å². The van der Waals surface area contributed by atoms with Crippen molar-refractivity contribution in [3.63, 3.8) is 0 Å². The fourth-order valence-corrected chi connectivity index (χ4v) is 3.92. The highest BCUT2D eigenvalue weighted by atomic mass is 79.9. The number of rotatable bonds is 4. The van der Waals surface area contributed by atoms with Crippen LogP contribution in [0.15, 0.2) is 30.4 Å². The predicted octanol–water partition coefficient (Wildman–Crippen LogP) is 1.97. The standard InChI is InChI=1S/C18H17BBrN5O4/c20-14-6-19(27)29-16-2-1-11(5-12(14)16)23-18-13(17(22)26)8-25(24-18)15-9-28-4-3-10(15)7-21/h1-2,5-6,8,10,15,27H,3-4,9H2,(H2,22,26)(H,23,24)/t10?,15-/m1/s1. The molecule has 0 radical (unpaired) electrons. The van der Waals surface area contributed by atoms with Gasteiger partial charge in [-0.05, 0) is 30.6 Å². The Balaban J connectivity index is 1.65. The van der Waals surface area contributed by atoms with Crippen LogP contribution in [-0.4, -0.2) is 41.0 Å². The van der Waals surface area contributed by atoms with E-state index in [0.29, 0.717) is 35.6 Å². The second-order valence-electron chi connectivity index (χ2n) is 6.76. The molecule has 1 fully saturated rings. The minimum Gasteiger partial charge on any atom is -0.532 e. The molecule has 1 aromatic carbocycles. The first-order valence-electron chi connectivity index (χ1n) is 8.96. The number of benzene rings is 1. The van der Waals surface area contributed by atoms with Gasteiger partial charge in [-0.3, -0.25) is 9.48 Å². The normalized spacial score (nSPS) is 20.9. The fourth-order valence-electron chi connectivity index (χ4n) is 3.38. The molecule has 29 heavy (non-hydrogen) atoms. The van der Waals surface area contributed by atoms with Gasteiger partial charge in [0.15, 0.2) is 5.82 Å². The van der Waals surface area contributed by atoms with Gasteiger partial charge in [0.2, 0.25) is 0 Å². The molecule has 0 spiro atoms. The molecule has 1 unspecified atom stereocenters. The van der Waals surface area contributed by atoms with Gasteiger partial charge in [-0.15, -0.1) is 0 Å². The molecule has 0 bridgehead atoms. The molecule has 3 heterocycles. The molecule has 4 N–H and O–H groups in total. The van der Waals surface area contributed by atoms with Crippen molar-refractivity contribution in [2.24, 2.45) is 11.7 Å². The number of anilines is 2. The SMILES string of the molecule is N#CC1CCOC[C@H]1n1cc(C(N)=O)c(Nc2ccc3c(c2)C(Br)=CB(O)O3)n1. The third kappa shape index (κ3) is 3.87. The number of fused-ring (bicyclic) bond motifs is 1. The van der Waals surface area contributed by atoms with Gasteiger partial charge in [-0.25, -0.2) is 0 Å². The molecule has 0 aliphatic carbocycles. The van der Waals surface area contributed by atoms with E-state index in [1.807, 2.05) is 0 Å². The van der Waals surface area contributed by atoms with E-state index in [9.17, 15) is 15.1 Å². The van der Waals surface area contributed by atoms with Crippen LogP contribution in [0.1, 0.15) is 28.4 Å². The van der Waals surface area contributed by atoms with Crippen LogP contribution in [0.25, 0.3) is 4.48 Å². The lowest BCUT2D eigenvalue weighted by atomic mass is 9.86. The molecule has 0 saturated carbocycles. The zero-order valence-electron chi connectivity index (χ0n) is 15.2. The van der Waals surface area contributed by atoms with Gasteiger partial charge >= 0.3 is 7.12 Å². The Morgan fingerprint density at radius 3 is 3.10 bits per heavy atom. The summed E-state index contributed by atoms with van der Waals surface area (Å²) in [5.74, 6) is 1.45. The number of halogens is 1. The van der Waals surface area contributed by atoms with Crippen molar-refractivity contribution >= 4 is 44.9 Å². The maximum Gasteiger partial charge on any atom is 0.553 e. The molecule has 4 rings (SSSR count). The van der Waals surface area contributed by atoms with E-state index in [4.69, 9.17) is 15.1 Å². The number of aromatic nitrogens is 2. The van der Waals surface area contributed by atoms with Crippen LogP contribution in [0.3, 0.4) is 0 Å². The minimum absolute atomic E-state index is 0.214. The molecule has 2 atom stereocenters. The Labute approximate surface area is 175 Å². The fraction of sp³-hybridized carbons (Fsp3) is 0.278. The monoisotopic (exact) mass is 457 g/mol. The van der Waals surface area contributed by atoms with Gasteiger partial charge < -0.3 is 25.5 Å². The molecule has 1 saturated heterocycles. The first kappa shape index (κ1) is 19.5. The van der Waals surface area contributed by atoms with Crippen molar-refractivity contribution in [3.05, 3.63) is 41.5 Å². The third-order valence-electron chi connectivity index (χ3n) is 4.87.